The summed E-state index contributed by atoms with van der Waals surface area (Å²) in [5, 5.41) is 0. The molecule has 2 aliphatic heterocycles. The van der Waals surface area contributed by atoms with Gasteiger partial charge in [-0.3, -0.25) is 4.79 Å². The zero-order valence-corrected chi connectivity index (χ0v) is 14.2. The summed E-state index contributed by atoms with van der Waals surface area (Å²) in [5.74, 6) is 0.487. The second-order valence-electron chi connectivity index (χ2n) is 6.61. The predicted molar refractivity (Wildman–Crippen MR) is 83.6 cm³/mol. The van der Waals surface area contributed by atoms with E-state index in [0.717, 1.165) is 24.7 Å². The topological polar surface area (TPSA) is 88.9 Å². The van der Waals surface area contributed by atoms with E-state index in [-0.39, 0.29) is 17.4 Å². The Morgan fingerprint density at radius 2 is 2.22 bits per heavy atom. The second-order valence-corrected chi connectivity index (χ2v) is 8.45. The molecule has 1 spiro atoms. The van der Waals surface area contributed by atoms with Gasteiger partial charge in [0.05, 0.1) is 32.2 Å². The zero-order valence-electron chi connectivity index (χ0n) is 13.4. The molecule has 1 N–H and O–H groups in total. The van der Waals surface area contributed by atoms with E-state index in [9.17, 15) is 13.2 Å². The van der Waals surface area contributed by atoms with E-state index in [0.29, 0.717) is 32.0 Å². The molecule has 23 heavy (non-hydrogen) atoms. The summed E-state index contributed by atoms with van der Waals surface area (Å²) >= 11 is 0. The molecule has 3 rings (SSSR count). The highest BCUT2D eigenvalue weighted by Crippen LogP contribution is 2.36. The molecule has 1 amide bonds. The first kappa shape index (κ1) is 16.5. The molecule has 1 unspecified atom stereocenters. The number of sulfonamides is 1. The van der Waals surface area contributed by atoms with Gasteiger partial charge >= 0.3 is 0 Å². The lowest BCUT2D eigenvalue weighted by Crippen LogP contribution is -2.66. The summed E-state index contributed by atoms with van der Waals surface area (Å²) in [7, 11) is -3.16. The number of carbonyl (C=O) groups is 1. The third-order valence-corrected chi connectivity index (χ3v) is 5.26. The molecule has 0 radical (unpaired) electrons. The molecule has 1 aromatic rings. The Morgan fingerprint density at radius 1 is 1.48 bits per heavy atom. The minimum Gasteiger partial charge on any atom is -0.459 e. The number of ether oxygens (including phenoxy) is 1. The number of rotatable bonds is 4. The Labute approximate surface area is 136 Å². The summed E-state index contributed by atoms with van der Waals surface area (Å²) in [6, 6.07) is 1.78. The van der Waals surface area contributed by atoms with Crippen molar-refractivity contribution in [3.05, 3.63) is 23.7 Å². The Kier molecular flexibility index (Phi) is 4.24. The SMILES string of the molecule is Cc1ccoc1C(=O)N1CC2(CCC(CNS(C)(=O)=O)CO2)C1. The Bertz CT molecular complexity index is 680. The van der Waals surface area contributed by atoms with Gasteiger partial charge in [0.15, 0.2) is 5.76 Å². The van der Waals surface area contributed by atoms with Gasteiger partial charge in [0.1, 0.15) is 5.60 Å². The minimum atomic E-state index is -3.16. The van der Waals surface area contributed by atoms with Crippen LogP contribution in [0.2, 0.25) is 0 Å². The molecule has 7 nitrogen and oxygen atoms in total. The molecule has 0 saturated carbocycles. The van der Waals surface area contributed by atoms with Crippen LogP contribution in [-0.4, -0.2) is 57.3 Å². The van der Waals surface area contributed by atoms with E-state index in [2.05, 4.69) is 4.72 Å². The van der Waals surface area contributed by atoms with Crippen LogP contribution in [0.5, 0.6) is 0 Å². The average Bonchev–Trinajstić information content (AvgIpc) is 2.88. The van der Waals surface area contributed by atoms with Crippen molar-refractivity contribution in [1.82, 2.24) is 9.62 Å². The lowest BCUT2D eigenvalue weighted by Gasteiger charge is -2.52. The van der Waals surface area contributed by atoms with E-state index < -0.39 is 10.0 Å². The van der Waals surface area contributed by atoms with E-state index in [1.165, 1.54) is 6.26 Å². The highest BCUT2D eigenvalue weighted by Gasteiger charge is 2.49. The molecular formula is C15H22N2O5S. The number of likely N-dealkylation sites (tertiary alicyclic amines) is 1. The number of aryl methyl sites for hydroxylation is 1. The molecule has 0 bridgehead atoms. The number of nitrogens with one attached hydrogen (secondary N) is 1. The monoisotopic (exact) mass is 342 g/mol. The maximum Gasteiger partial charge on any atom is 0.290 e. The van der Waals surface area contributed by atoms with Crippen molar-refractivity contribution >= 4 is 15.9 Å². The number of carbonyl (C=O) groups excluding carboxylic acids is 1. The van der Waals surface area contributed by atoms with Crippen molar-refractivity contribution in [2.75, 3.05) is 32.5 Å². The zero-order chi connectivity index (χ0) is 16.7. The molecule has 2 aliphatic rings. The second kappa shape index (κ2) is 5.92. The molecule has 0 aliphatic carbocycles. The molecule has 0 aromatic carbocycles. The van der Waals surface area contributed by atoms with Crippen molar-refractivity contribution in [2.24, 2.45) is 5.92 Å². The smallest absolute Gasteiger partial charge is 0.290 e. The van der Waals surface area contributed by atoms with Gasteiger partial charge in [0.2, 0.25) is 10.0 Å². The molecule has 1 atom stereocenters. The molecule has 2 saturated heterocycles. The summed E-state index contributed by atoms with van der Waals surface area (Å²) in [6.07, 6.45) is 4.41. The lowest BCUT2D eigenvalue weighted by atomic mass is 9.83. The molecule has 3 heterocycles. The van der Waals surface area contributed by atoms with Crippen LogP contribution >= 0.6 is 0 Å². The number of furan rings is 1. The maximum absolute atomic E-state index is 12.3. The fourth-order valence-electron chi connectivity index (χ4n) is 3.13. The first-order chi connectivity index (χ1) is 10.8. The van der Waals surface area contributed by atoms with Crippen molar-refractivity contribution in [3.63, 3.8) is 0 Å². The average molecular weight is 342 g/mol. The predicted octanol–water partition coefficient (Wildman–Crippen LogP) is 0.758. The van der Waals surface area contributed by atoms with Gasteiger partial charge < -0.3 is 14.1 Å². The maximum atomic E-state index is 12.3. The number of amides is 1. The van der Waals surface area contributed by atoms with Gasteiger partial charge in [-0.15, -0.1) is 0 Å². The summed E-state index contributed by atoms with van der Waals surface area (Å²) in [6.45, 7) is 3.91. The van der Waals surface area contributed by atoms with Gasteiger partial charge in [-0.05, 0) is 31.7 Å². The van der Waals surface area contributed by atoms with Gasteiger partial charge in [-0.2, -0.15) is 0 Å². The number of hydrogen-bond acceptors (Lipinski definition) is 5. The van der Waals surface area contributed by atoms with Gasteiger partial charge in [-0.1, -0.05) is 0 Å². The van der Waals surface area contributed by atoms with Crippen LogP contribution in [0, 0.1) is 12.8 Å². The van der Waals surface area contributed by atoms with Crippen molar-refractivity contribution in [1.29, 1.82) is 0 Å². The van der Waals surface area contributed by atoms with Crippen LogP contribution in [0.4, 0.5) is 0 Å². The Hall–Kier alpha value is -1.38. The van der Waals surface area contributed by atoms with Gasteiger partial charge in [0, 0.05) is 12.1 Å². The fraction of sp³-hybridized carbons (Fsp3) is 0.667. The van der Waals surface area contributed by atoms with Crippen LogP contribution in [0.3, 0.4) is 0 Å². The van der Waals surface area contributed by atoms with Crippen LogP contribution in [-0.2, 0) is 14.8 Å². The van der Waals surface area contributed by atoms with E-state index in [4.69, 9.17) is 9.15 Å². The third-order valence-electron chi connectivity index (χ3n) is 4.57. The molecule has 128 valence electrons. The van der Waals surface area contributed by atoms with E-state index in [1.807, 2.05) is 6.92 Å². The van der Waals surface area contributed by atoms with Crippen LogP contribution < -0.4 is 4.72 Å². The Morgan fingerprint density at radius 3 is 2.74 bits per heavy atom. The molecule has 8 heteroatoms. The first-order valence-electron chi connectivity index (χ1n) is 7.70. The highest BCUT2D eigenvalue weighted by atomic mass is 32.2. The molecule has 2 fully saturated rings. The summed E-state index contributed by atoms with van der Waals surface area (Å²) in [5.41, 5.74) is 0.574. The quantitative estimate of drug-likeness (QED) is 0.872. The van der Waals surface area contributed by atoms with Gasteiger partial charge in [0.25, 0.3) is 5.91 Å². The molecular weight excluding hydrogens is 320 g/mol. The van der Waals surface area contributed by atoms with Crippen molar-refractivity contribution < 1.29 is 22.4 Å². The van der Waals surface area contributed by atoms with Crippen LogP contribution in [0.1, 0.15) is 29.0 Å². The summed E-state index contributed by atoms with van der Waals surface area (Å²) in [4.78, 5) is 14.0. The van der Waals surface area contributed by atoms with Crippen molar-refractivity contribution in [3.8, 4) is 0 Å². The van der Waals surface area contributed by atoms with Crippen LogP contribution in [0.25, 0.3) is 0 Å². The number of hydrogen-bond donors (Lipinski definition) is 1. The number of nitrogens with zero attached hydrogens (tertiary/aromatic N) is 1. The summed E-state index contributed by atoms with van der Waals surface area (Å²) < 4.78 is 36.0. The van der Waals surface area contributed by atoms with Gasteiger partial charge in [-0.25, -0.2) is 13.1 Å². The fourth-order valence-corrected chi connectivity index (χ4v) is 3.66. The lowest BCUT2D eigenvalue weighted by molar-refractivity contribution is -0.166. The van der Waals surface area contributed by atoms with Crippen LogP contribution in [0.15, 0.2) is 16.7 Å². The normalized spacial score (nSPS) is 23.7. The molecule has 1 aromatic heterocycles. The highest BCUT2D eigenvalue weighted by molar-refractivity contribution is 7.88. The standard InChI is InChI=1S/C15H22N2O5S/c1-11-4-6-21-13(11)14(18)17-9-15(10-17)5-3-12(8-22-15)7-16-23(2,19)20/h4,6,12,16H,3,5,7-10H2,1-2H3. The minimum absolute atomic E-state index is 0.0948. The van der Waals surface area contributed by atoms with Crippen molar-refractivity contribution in [2.45, 2.75) is 25.4 Å². The van der Waals surface area contributed by atoms with E-state index in [1.54, 1.807) is 11.0 Å². The van der Waals surface area contributed by atoms with E-state index >= 15 is 0 Å². The Balaban J connectivity index is 1.48. The third kappa shape index (κ3) is 3.59. The largest absolute Gasteiger partial charge is 0.459 e. The first-order valence-corrected chi connectivity index (χ1v) is 9.59.